The monoisotopic (exact) mass is 335 g/mol. The molecule has 1 N–H and O–H groups in total. The lowest BCUT2D eigenvalue weighted by molar-refractivity contribution is 0.475. The van der Waals surface area contributed by atoms with E-state index in [1.54, 1.807) is 12.1 Å². The first-order valence-electron chi connectivity index (χ1n) is 8.69. The maximum Gasteiger partial charge on any atom is 0.115 e. The van der Waals surface area contributed by atoms with E-state index in [0.717, 1.165) is 16.8 Å². The lowest BCUT2D eigenvalue weighted by atomic mass is 10.0. The minimum atomic E-state index is 0.285. The molecule has 0 saturated heterocycles. The molecule has 1 aromatic heterocycles. The molecule has 2 nitrogen and oxygen atoms in total. The van der Waals surface area contributed by atoms with Crippen LogP contribution in [0, 0.1) is 0 Å². The van der Waals surface area contributed by atoms with Gasteiger partial charge in [0.1, 0.15) is 5.75 Å². The summed E-state index contributed by atoms with van der Waals surface area (Å²) >= 11 is 0. The van der Waals surface area contributed by atoms with Gasteiger partial charge in [0.25, 0.3) is 0 Å². The Bertz CT molecular complexity index is 1180. The number of hydrogen-bond acceptors (Lipinski definition) is 1. The predicted molar refractivity (Wildman–Crippen MR) is 108 cm³/mol. The van der Waals surface area contributed by atoms with Crippen LogP contribution in [0.3, 0.4) is 0 Å². The molecule has 0 amide bonds. The maximum absolute atomic E-state index is 9.54. The summed E-state index contributed by atoms with van der Waals surface area (Å²) in [4.78, 5) is 0. The average molecular weight is 335 g/mol. The van der Waals surface area contributed by atoms with Crippen LogP contribution in [0.2, 0.25) is 0 Å². The number of benzene rings is 4. The molecule has 0 saturated carbocycles. The molecular formula is C24H17NO. The van der Waals surface area contributed by atoms with Crippen LogP contribution in [0.15, 0.2) is 97.1 Å². The normalized spacial score (nSPS) is 11.2. The zero-order valence-corrected chi connectivity index (χ0v) is 14.1. The predicted octanol–water partition coefficient (Wildman–Crippen LogP) is 6.16. The number of para-hydroxylation sites is 2. The number of phenolic OH excluding ortho intramolecular Hbond substituents is 1. The Morgan fingerprint density at radius 3 is 1.81 bits per heavy atom. The van der Waals surface area contributed by atoms with Gasteiger partial charge in [-0.1, -0.05) is 60.7 Å². The van der Waals surface area contributed by atoms with Gasteiger partial charge >= 0.3 is 0 Å². The van der Waals surface area contributed by atoms with Gasteiger partial charge in [-0.05, 0) is 47.5 Å². The Kier molecular flexibility index (Phi) is 3.29. The number of nitrogens with zero attached hydrogens (tertiary/aromatic N) is 1. The second kappa shape index (κ2) is 5.78. The van der Waals surface area contributed by atoms with Gasteiger partial charge in [-0.15, -0.1) is 0 Å². The second-order valence-electron chi connectivity index (χ2n) is 6.47. The molecule has 1 heterocycles. The summed E-state index contributed by atoms with van der Waals surface area (Å²) in [6.07, 6.45) is 0. The van der Waals surface area contributed by atoms with E-state index >= 15 is 0 Å². The van der Waals surface area contributed by atoms with Gasteiger partial charge in [0, 0.05) is 16.5 Å². The highest BCUT2D eigenvalue weighted by Gasteiger charge is 2.11. The zero-order chi connectivity index (χ0) is 17.5. The van der Waals surface area contributed by atoms with Crippen molar-refractivity contribution in [3.05, 3.63) is 97.1 Å². The molecule has 5 aromatic rings. The summed E-state index contributed by atoms with van der Waals surface area (Å²) in [5.74, 6) is 0.285. The van der Waals surface area contributed by atoms with Gasteiger partial charge in [0.2, 0.25) is 0 Å². The fourth-order valence-electron chi connectivity index (χ4n) is 3.68. The molecule has 2 heteroatoms. The van der Waals surface area contributed by atoms with Crippen LogP contribution in [-0.4, -0.2) is 9.67 Å². The minimum absolute atomic E-state index is 0.285. The van der Waals surface area contributed by atoms with Crippen LogP contribution in [0.25, 0.3) is 38.6 Å². The molecule has 0 aliphatic carbocycles. The fourth-order valence-corrected chi connectivity index (χ4v) is 3.68. The van der Waals surface area contributed by atoms with Crippen molar-refractivity contribution in [2.75, 3.05) is 0 Å². The number of rotatable bonds is 2. The highest BCUT2D eigenvalue weighted by atomic mass is 16.3. The number of hydrogen-bond donors (Lipinski definition) is 1. The van der Waals surface area contributed by atoms with Crippen LogP contribution < -0.4 is 0 Å². The summed E-state index contributed by atoms with van der Waals surface area (Å²) in [7, 11) is 0. The van der Waals surface area contributed by atoms with E-state index in [-0.39, 0.29) is 5.75 Å². The Labute approximate surface area is 151 Å². The third-order valence-electron chi connectivity index (χ3n) is 4.89. The van der Waals surface area contributed by atoms with Crippen LogP contribution in [0.1, 0.15) is 0 Å². The van der Waals surface area contributed by atoms with Crippen molar-refractivity contribution in [2.45, 2.75) is 0 Å². The van der Waals surface area contributed by atoms with Crippen LogP contribution in [0.5, 0.6) is 5.75 Å². The van der Waals surface area contributed by atoms with E-state index in [0.29, 0.717) is 0 Å². The Hall–Kier alpha value is -3.52. The molecule has 0 fully saturated rings. The van der Waals surface area contributed by atoms with E-state index < -0.39 is 0 Å². The van der Waals surface area contributed by atoms with Gasteiger partial charge in [-0.3, -0.25) is 0 Å². The van der Waals surface area contributed by atoms with Crippen molar-refractivity contribution in [3.63, 3.8) is 0 Å². The van der Waals surface area contributed by atoms with Gasteiger partial charge in [-0.25, -0.2) is 0 Å². The first-order chi connectivity index (χ1) is 12.8. The van der Waals surface area contributed by atoms with Gasteiger partial charge in [-0.2, -0.15) is 0 Å². The molecule has 26 heavy (non-hydrogen) atoms. The first-order valence-corrected chi connectivity index (χ1v) is 8.69. The fraction of sp³-hybridized carbons (Fsp3) is 0. The molecule has 0 atom stereocenters. The highest BCUT2D eigenvalue weighted by molar-refractivity contribution is 6.09. The number of phenols is 1. The second-order valence-corrected chi connectivity index (χ2v) is 6.47. The van der Waals surface area contributed by atoms with E-state index in [1.165, 1.54) is 21.8 Å². The Morgan fingerprint density at radius 1 is 0.538 bits per heavy atom. The van der Waals surface area contributed by atoms with E-state index in [1.807, 2.05) is 12.1 Å². The topological polar surface area (TPSA) is 25.2 Å². The lowest BCUT2D eigenvalue weighted by Gasteiger charge is -2.10. The summed E-state index contributed by atoms with van der Waals surface area (Å²) in [6, 6.07) is 32.9. The van der Waals surface area contributed by atoms with Crippen molar-refractivity contribution in [2.24, 2.45) is 0 Å². The number of aromatic nitrogens is 1. The van der Waals surface area contributed by atoms with Crippen molar-refractivity contribution in [1.29, 1.82) is 0 Å². The summed E-state index contributed by atoms with van der Waals surface area (Å²) < 4.78 is 2.31. The summed E-state index contributed by atoms with van der Waals surface area (Å²) in [6.45, 7) is 0. The minimum Gasteiger partial charge on any atom is -0.508 e. The molecule has 124 valence electrons. The Morgan fingerprint density at radius 2 is 1.15 bits per heavy atom. The molecule has 0 unspecified atom stereocenters. The number of fused-ring (bicyclic) bond motifs is 3. The van der Waals surface area contributed by atoms with E-state index in [4.69, 9.17) is 0 Å². The van der Waals surface area contributed by atoms with Crippen LogP contribution >= 0.6 is 0 Å². The zero-order valence-electron chi connectivity index (χ0n) is 14.1. The smallest absolute Gasteiger partial charge is 0.115 e. The number of aromatic hydroxyl groups is 1. The summed E-state index contributed by atoms with van der Waals surface area (Å²) in [5, 5.41) is 12.1. The summed E-state index contributed by atoms with van der Waals surface area (Å²) in [5.41, 5.74) is 5.76. The van der Waals surface area contributed by atoms with Gasteiger partial charge < -0.3 is 9.67 Å². The molecule has 0 radical (unpaired) electrons. The maximum atomic E-state index is 9.54. The molecule has 0 spiro atoms. The van der Waals surface area contributed by atoms with Gasteiger partial charge in [0.05, 0.1) is 11.0 Å². The van der Waals surface area contributed by atoms with Crippen molar-refractivity contribution in [1.82, 2.24) is 4.57 Å². The molecule has 0 aliphatic rings. The Balaban J connectivity index is 1.78. The van der Waals surface area contributed by atoms with Crippen molar-refractivity contribution in [3.8, 4) is 22.6 Å². The first kappa shape index (κ1) is 14.8. The van der Waals surface area contributed by atoms with Crippen molar-refractivity contribution < 1.29 is 5.11 Å². The largest absolute Gasteiger partial charge is 0.508 e. The van der Waals surface area contributed by atoms with Gasteiger partial charge in [0.15, 0.2) is 0 Å². The molecule has 0 bridgehead atoms. The SMILES string of the molecule is Oc1ccc(-c2cccc(-n3c4ccccc4c4ccccc43)c2)cc1. The highest BCUT2D eigenvalue weighted by Crippen LogP contribution is 2.33. The molecular weight excluding hydrogens is 318 g/mol. The standard InChI is InChI=1S/C24H17NO/c26-20-14-12-17(13-15-20)18-6-5-7-19(16-18)25-23-10-3-1-8-21(23)22-9-2-4-11-24(22)25/h1-16,26H. The van der Waals surface area contributed by atoms with Crippen LogP contribution in [0.4, 0.5) is 0 Å². The molecule has 0 aliphatic heterocycles. The average Bonchev–Trinajstić information content (AvgIpc) is 3.03. The third-order valence-corrected chi connectivity index (χ3v) is 4.89. The van der Waals surface area contributed by atoms with Crippen molar-refractivity contribution >= 4 is 21.8 Å². The lowest BCUT2D eigenvalue weighted by Crippen LogP contribution is -1.94. The van der Waals surface area contributed by atoms with E-state index in [9.17, 15) is 5.11 Å². The van der Waals surface area contributed by atoms with Crippen LogP contribution in [-0.2, 0) is 0 Å². The molecule has 4 aromatic carbocycles. The van der Waals surface area contributed by atoms with E-state index in [2.05, 4.69) is 77.4 Å². The third kappa shape index (κ3) is 2.27. The molecule has 5 rings (SSSR count). The quantitative estimate of drug-likeness (QED) is 0.411.